The molecule has 0 unspecified atom stereocenters. The predicted molar refractivity (Wildman–Crippen MR) is 141 cm³/mol. The van der Waals surface area contributed by atoms with E-state index in [0.717, 1.165) is 18.3 Å². The van der Waals surface area contributed by atoms with Gasteiger partial charge in [-0.3, -0.25) is 9.78 Å². The van der Waals surface area contributed by atoms with E-state index in [1.54, 1.807) is 18.3 Å². The Morgan fingerprint density at radius 1 is 1.08 bits per heavy atom. The summed E-state index contributed by atoms with van der Waals surface area (Å²) >= 11 is 0. The molecule has 0 atom stereocenters. The van der Waals surface area contributed by atoms with Crippen molar-refractivity contribution in [1.82, 2.24) is 19.9 Å². The van der Waals surface area contributed by atoms with Gasteiger partial charge in [0, 0.05) is 24.1 Å². The van der Waals surface area contributed by atoms with E-state index in [0.29, 0.717) is 18.2 Å². The number of furan rings is 1. The number of methoxy groups -OCH3 is 2. The van der Waals surface area contributed by atoms with E-state index in [2.05, 4.69) is 50.1 Å². The minimum atomic E-state index is -1.60. The zero-order chi connectivity index (χ0) is 26.3. The maximum atomic E-state index is 12.9. The molecule has 0 saturated carbocycles. The Bertz CT molecular complexity index is 1150. The summed E-state index contributed by atoms with van der Waals surface area (Å²) in [6.07, 6.45) is 2.61. The Balaban J connectivity index is 1.72. The van der Waals surface area contributed by atoms with E-state index in [9.17, 15) is 4.79 Å². The highest BCUT2D eigenvalue weighted by molar-refractivity contribution is 6.88. The van der Waals surface area contributed by atoms with Crippen molar-refractivity contribution in [3.8, 4) is 23.5 Å². The van der Waals surface area contributed by atoms with Crippen molar-refractivity contribution in [2.24, 2.45) is 0 Å². The van der Waals surface area contributed by atoms with Crippen LogP contribution in [0.15, 0.2) is 34.9 Å². The molecule has 0 aliphatic carbocycles. The van der Waals surface area contributed by atoms with Crippen molar-refractivity contribution in [2.45, 2.75) is 26.1 Å². The summed E-state index contributed by atoms with van der Waals surface area (Å²) in [7, 11) is 5.33. The topological polar surface area (TPSA) is 124 Å². The number of amides is 1. The largest absolute Gasteiger partial charge is 0.479 e. The number of aromatic nitrogens is 3. The molecular formula is C24H34N6O5Si. The first kappa shape index (κ1) is 27.0. The van der Waals surface area contributed by atoms with Gasteiger partial charge in [-0.1, -0.05) is 19.6 Å². The Morgan fingerprint density at radius 3 is 2.39 bits per heavy atom. The fraction of sp³-hybridized carbons (Fsp3) is 0.417. The number of carbonyl (C=O) groups is 1. The second-order valence-electron chi connectivity index (χ2n) is 9.33. The van der Waals surface area contributed by atoms with Crippen molar-refractivity contribution in [1.29, 1.82) is 0 Å². The number of anilines is 2. The minimum absolute atomic E-state index is 0.0412. The highest BCUT2D eigenvalue weighted by Gasteiger charge is 2.22. The van der Waals surface area contributed by atoms with Crippen molar-refractivity contribution in [2.75, 3.05) is 52.0 Å². The lowest BCUT2D eigenvalue weighted by Crippen LogP contribution is -2.39. The van der Waals surface area contributed by atoms with Crippen molar-refractivity contribution < 1.29 is 23.4 Å². The van der Waals surface area contributed by atoms with Gasteiger partial charge in [-0.15, -0.1) is 0 Å². The van der Waals surface area contributed by atoms with E-state index in [1.807, 2.05) is 20.2 Å². The number of rotatable bonds is 12. The number of carbonyl (C=O) groups excluding carboxylic acids is 1. The first-order chi connectivity index (χ1) is 17.1. The van der Waals surface area contributed by atoms with Gasteiger partial charge >= 0.3 is 0 Å². The summed E-state index contributed by atoms with van der Waals surface area (Å²) in [6.45, 7) is 8.20. The Labute approximate surface area is 212 Å². The van der Waals surface area contributed by atoms with E-state index in [-0.39, 0.29) is 29.2 Å². The monoisotopic (exact) mass is 514 g/mol. The van der Waals surface area contributed by atoms with E-state index >= 15 is 0 Å². The average molecular weight is 515 g/mol. The average Bonchev–Trinajstić information content (AvgIpc) is 3.30. The molecule has 3 aromatic rings. The smallest absolute Gasteiger partial charge is 0.291 e. The Morgan fingerprint density at radius 2 is 1.78 bits per heavy atom. The minimum Gasteiger partial charge on any atom is -0.479 e. The van der Waals surface area contributed by atoms with Crippen LogP contribution in [0.25, 0.3) is 0 Å². The zero-order valence-corrected chi connectivity index (χ0v) is 22.8. The van der Waals surface area contributed by atoms with Crippen LogP contribution in [0.4, 0.5) is 11.6 Å². The van der Waals surface area contributed by atoms with Crippen molar-refractivity contribution in [3.05, 3.63) is 36.2 Å². The van der Waals surface area contributed by atoms with Crippen LogP contribution >= 0.6 is 0 Å². The molecule has 3 aromatic heterocycles. The lowest BCUT2D eigenvalue weighted by molar-refractivity contribution is 0.0990. The van der Waals surface area contributed by atoms with E-state index in [1.165, 1.54) is 20.3 Å². The van der Waals surface area contributed by atoms with Gasteiger partial charge in [0.1, 0.15) is 13.8 Å². The maximum Gasteiger partial charge on any atom is 0.291 e. The molecule has 2 N–H and O–H groups in total. The Hall–Kier alpha value is -3.64. The molecule has 3 heterocycles. The molecule has 11 nitrogen and oxygen atoms in total. The molecule has 0 radical (unpaired) electrons. The number of nitrogens with zero attached hydrogens (tertiary/aromatic N) is 4. The summed E-state index contributed by atoms with van der Waals surface area (Å²) < 4.78 is 22.2. The number of nitrogens with one attached hydrogen (secondary N) is 2. The van der Waals surface area contributed by atoms with Gasteiger partial charge < -0.3 is 34.2 Å². The molecule has 0 aromatic carbocycles. The molecule has 0 saturated heterocycles. The summed E-state index contributed by atoms with van der Waals surface area (Å²) in [5.41, 5.74) is 0.191. The first-order valence-corrected chi connectivity index (χ1v) is 15.0. The van der Waals surface area contributed by atoms with E-state index in [4.69, 9.17) is 18.6 Å². The second-order valence-corrected chi connectivity index (χ2v) is 14.3. The van der Waals surface area contributed by atoms with Crippen molar-refractivity contribution in [3.63, 3.8) is 0 Å². The maximum absolute atomic E-state index is 12.9. The van der Waals surface area contributed by atoms with Gasteiger partial charge in [-0.2, -0.15) is 9.97 Å². The lowest BCUT2D eigenvalue weighted by Gasteiger charge is -2.15. The molecule has 12 heteroatoms. The fourth-order valence-corrected chi connectivity index (χ4v) is 4.21. The Kier molecular flexibility index (Phi) is 8.88. The van der Waals surface area contributed by atoms with Crippen LogP contribution in [-0.4, -0.2) is 75.2 Å². The third-order valence-corrected chi connectivity index (χ3v) is 6.87. The summed E-state index contributed by atoms with van der Waals surface area (Å²) in [4.78, 5) is 28.1. The van der Waals surface area contributed by atoms with E-state index < -0.39 is 14.0 Å². The zero-order valence-electron chi connectivity index (χ0n) is 21.8. The van der Waals surface area contributed by atoms with Crippen molar-refractivity contribution >= 4 is 30.9 Å². The number of ether oxygens (including phenoxy) is 3. The molecule has 0 bridgehead atoms. The molecule has 3 rings (SSSR count). The molecule has 0 aliphatic heterocycles. The third-order valence-electron chi connectivity index (χ3n) is 5.06. The highest BCUT2D eigenvalue weighted by Crippen LogP contribution is 2.33. The molecular weight excluding hydrogens is 480 g/mol. The van der Waals surface area contributed by atoms with Crippen LogP contribution in [0.2, 0.25) is 19.6 Å². The standard InChI is InChI=1S/C24H34N6O5Si/c1-30(2)14-8-12-26-24-28-22(32-3)20(23(29-24)33-4)27-21(31)17-9-10-19(35-17)34-16-11-13-25-18(15-16)36(5,6)7/h9-11,13,15H,8,12,14H2,1-7H3,(H,27,31)(H,26,28,29). The fourth-order valence-electron chi connectivity index (χ4n) is 3.17. The number of pyridine rings is 1. The predicted octanol–water partition coefficient (Wildman–Crippen LogP) is 3.44. The van der Waals surface area contributed by atoms with Gasteiger partial charge in [0.05, 0.1) is 14.2 Å². The summed E-state index contributed by atoms with van der Waals surface area (Å²) in [5.74, 6) is 0.931. The molecule has 36 heavy (non-hydrogen) atoms. The van der Waals surface area contributed by atoms with Crippen LogP contribution in [-0.2, 0) is 0 Å². The number of hydrogen-bond donors (Lipinski definition) is 2. The molecule has 0 fully saturated rings. The van der Waals surface area contributed by atoms with Crippen LogP contribution in [0.1, 0.15) is 17.0 Å². The van der Waals surface area contributed by atoms with Crippen LogP contribution in [0.3, 0.4) is 0 Å². The molecule has 1 amide bonds. The highest BCUT2D eigenvalue weighted by atomic mass is 28.3. The molecule has 0 spiro atoms. The quantitative estimate of drug-likeness (QED) is 0.274. The second kappa shape index (κ2) is 11.9. The summed E-state index contributed by atoms with van der Waals surface area (Å²) in [5, 5.41) is 6.87. The van der Waals surface area contributed by atoms with Crippen LogP contribution < -0.4 is 30.2 Å². The molecule has 0 aliphatic rings. The lowest BCUT2D eigenvalue weighted by atomic mass is 10.4. The number of hydrogen-bond acceptors (Lipinski definition) is 10. The van der Waals surface area contributed by atoms with Crippen LogP contribution in [0.5, 0.6) is 23.5 Å². The normalized spacial score (nSPS) is 11.3. The third kappa shape index (κ3) is 7.18. The van der Waals surface area contributed by atoms with Gasteiger partial charge in [0.15, 0.2) is 11.4 Å². The molecule has 194 valence electrons. The van der Waals surface area contributed by atoms with Gasteiger partial charge in [-0.05, 0) is 45.3 Å². The van der Waals surface area contributed by atoms with Gasteiger partial charge in [-0.25, -0.2) is 0 Å². The van der Waals surface area contributed by atoms with Gasteiger partial charge in [0.25, 0.3) is 11.9 Å². The summed E-state index contributed by atoms with van der Waals surface area (Å²) in [6, 6.07) is 6.74. The first-order valence-electron chi connectivity index (χ1n) is 11.5. The SMILES string of the molecule is COc1nc(NCCCN(C)C)nc(OC)c1NC(=O)c1ccc(Oc2ccnc([Si](C)(C)C)c2)o1. The van der Waals surface area contributed by atoms with Crippen LogP contribution in [0, 0.1) is 0 Å². The van der Waals surface area contributed by atoms with Gasteiger partial charge in [0.2, 0.25) is 17.7 Å².